The third-order valence-corrected chi connectivity index (χ3v) is 4.21. The predicted octanol–water partition coefficient (Wildman–Crippen LogP) is 3.69. The number of nitrogens with one attached hydrogen (secondary N) is 1. The molecule has 6 nitrogen and oxygen atoms in total. The number of Topliss-reactive ketones (excluding diaryl/α,β-unsaturated/α-hetero) is 1. The van der Waals surface area contributed by atoms with Crippen molar-refractivity contribution in [3.05, 3.63) is 71.8 Å². The number of hydrogen-bond donors (Lipinski definition) is 1. The van der Waals surface area contributed by atoms with Crippen LogP contribution >= 0.6 is 0 Å². The van der Waals surface area contributed by atoms with Crippen molar-refractivity contribution in [2.24, 2.45) is 0 Å². The van der Waals surface area contributed by atoms with Gasteiger partial charge in [-0.15, -0.1) is 0 Å². The topological polar surface area (TPSA) is 81.7 Å². The highest BCUT2D eigenvalue weighted by Gasteiger charge is 2.30. The van der Waals surface area contributed by atoms with Crippen molar-refractivity contribution in [2.45, 2.75) is 58.4 Å². The molecule has 0 fully saturated rings. The lowest BCUT2D eigenvalue weighted by atomic mass is 10.0. The van der Waals surface area contributed by atoms with Crippen molar-refractivity contribution in [1.82, 2.24) is 5.32 Å². The Bertz CT molecular complexity index is 843. The molecule has 0 spiro atoms. The van der Waals surface area contributed by atoms with Crippen molar-refractivity contribution in [2.75, 3.05) is 0 Å². The van der Waals surface area contributed by atoms with Crippen LogP contribution in [0.2, 0.25) is 0 Å². The minimum atomic E-state index is -0.982. The van der Waals surface area contributed by atoms with Crippen LogP contribution in [0, 0.1) is 0 Å². The van der Waals surface area contributed by atoms with Crippen LogP contribution in [0.1, 0.15) is 50.0 Å². The van der Waals surface area contributed by atoms with E-state index in [-0.39, 0.29) is 18.8 Å². The summed E-state index contributed by atoms with van der Waals surface area (Å²) in [5, 5.41) is 2.91. The maximum atomic E-state index is 12.7. The van der Waals surface area contributed by atoms with E-state index in [4.69, 9.17) is 9.47 Å². The van der Waals surface area contributed by atoms with E-state index in [0.29, 0.717) is 5.56 Å². The van der Waals surface area contributed by atoms with Crippen LogP contribution in [-0.4, -0.2) is 35.4 Å². The lowest BCUT2D eigenvalue weighted by molar-refractivity contribution is -0.158. The zero-order chi connectivity index (χ0) is 22.1. The van der Waals surface area contributed by atoms with Gasteiger partial charge in [0.2, 0.25) is 0 Å². The van der Waals surface area contributed by atoms with Gasteiger partial charge in [-0.1, -0.05) is 60.7 Å². The molecular formula is C24H29NO5. The third kappa shape index (κ3) is 7.79. The Morgan fingerprint density at radius 2 is 1.47 bits per heavy atom. The van der Waals surface area contributed by atoms with Crippen LogP contribution in [0.5, 0.6) is 0 Å². The fourth-order valence-electron chi connectivity index (χ4n) is 2.73. The standard InChI is InChI=1S/C24H29NO5/c1-17(22(27)30-24(2,3)4)25-20(15-21(26)19-13-9-6-10-14-19)23(28)29-16-18-11-7-5-8-12-18/h5-14,17,20,25H,15-16H2,1-4H3/t17-,20?/m0/s1. The van der Waals surface area contributed by atoms with E-state index in [1.165, 1.54) is 0 Å². The van der Waals surface area contributed by atoms with Gasteiger partial charge in [0, 0.05) is 12.0 Å². The van der Waals surface area contributed by atoms with Gasteiger partial charge >= 0.3 is 11.9 Å². The first kappa shape index (κ1) is 23.3. The molecule has 2 aromatic carbocycles. The SMILES string of the molecule is C[C@H](NC(CC(=O)c1ccccc1)C(=O)OCc1ccccc1)C(=O)OC(C)(C)C. The average molecular weight is 411 g/mol. The largest absolute Gasteiger partial charge is 0.460 e. The highest BCUT2D eigenvalue weighted by molar-refractivity contribution is 5.99. The number of rotatable bonds is 9. The van der Waals surface area contributed by atoms with E-state index in [1.807, 2.05) is 36.4 Å². The molecule has 2 atom stereocenters. The molecule has 0 aliphatic heterocycles. The summed E-state index contributed by atoms with van der Waals surface area (Å²) >= 11 is 0. The first-order valence-electron chi connectivity index (χ1n) is 9.93. The minimum absolute atomic E-state index is 0.0815. The Balaban J connectivity index is 2.09. The van der Waals surface area contributed by atoms with Gasteiger partial charge in [-0.25, -0.2) is 0 Å². The molecule has 0 saturated carbocycles. The summed E-state index contributed by atoms with van der Waals surface area (Å²) in [7, 11) is 0. The molecule has 0 radical (unpaired) electrons. The Kier molecular flexibility index (Phi) is 8.30. The molecule has 0 saturated heterocycles. The lowest BCUT2D eigenvalue weighted by Crippen LogP contribution is -2.49. The fraction of sp³-hybridized carbons (Fsp3) is 0.375. The van der Waals surface area contributed by atoms with Gasteiger partial charge in [0.25, 0.3) is 0 Å². The fourth-order valence-corrected chi connectivity index (χ4v) is 2.73. The Morgan fingerprint density at radius 3 is 2.03 bits per heavy atom. The molecular weight excluding hydrogens is 382 g/mol. The summed E-state index contributed by atoms with van der Waals surface area (Å²) in [6.07, 6.45) is -0.134. The van der Waals surface area contributed by atoms with Crippen molar-refractivity contribution >= 4 is 17.7 Å². The molecule has 0 heterocycles. The number of esters is 2. The second-order valence-corrected chi connectivity index (χ2v) is 8.06. The van der Waals surface area contributed by atoms with E-state index in [9.17, 15) is 14.4 Å². The smallest absolute Gasteiger partial charge is 0.323 e. The quantitative estimate of drug-likeness (QED) is 0.501. The molecule has 2 aromatic rings. The molecule has 0 amide bonds. The normalized spacial score (nSPS) is 13.2. The highest BCUT2D eigenvalue weighted by Crippen LogP contribution is 2.12. The van der Waals surface area contributed by atoms with Gasteiger partial charge in [0.1, 0.15) is 24.3 Å². The second-order valence-electron chi connectivity index (χ2n) is 8.06. The number of ketones is 1. The van der Waals surface area contributed by atoms with Crippen LogP contribution in [0.4, 0.5) is 0 Å². The van der Waals surface area contributed by atoms with Crippen molar-refractivity contribution in [1.29, 1.82) is 0 Å². The van der Waals surface area contributed by atoms with E-state index in [0.717, 1.165) is 5.56 Å². The van der Waals surface area contributed by atoms with Gasteiger partial charge in [0.05, 0.1) is 0 Å². The maximum Gasteiger partial charge on any atom is 0.323 e. The van der Waals surface area contributed by atoms with Gasteiger partial charge in [-0.3, -0.25) is 19.7 Å². The molecule has 6 heteroatoms. The summed E-state index contributed by atoms with van der Waals surface area (Å²) in [5.74, 6) is -1.32. The molecule has 30 heavy (non-hydrogen) atoms. The third-order valence-electron chi connectivity index (χ3n) is 4.21. The van der Waals surface area contributed by atoms with Crippen LogP contribution in [0.25, 0.3) is 0 Å². The predicted molar refractivity (Wildman–Crippen MR) is 114 cm³/mol. The Morgan fingerprint density at radius 1 is 0.900 bits per heavy atom. The number of hydrogen-bond acceptors (Lipinski definition) is 6. The molecule has 0 aliphatic carbocycles. The summed E-state index contributed by atoms with van der Waals surface area (Å²) in [6.45, 7) is 6.98. The van der Waals surface area contributed by atoms with Crippen LogP contribution in [-0.2, 0) is 25.7 Å². The zero-order valence-electron chi connectivity index (χ0n) is 17.9. The summed E-state index contributed by atoms with van der Waals surface area (Å²) in [5.41, 5.74) is 0.667. The second kappa shape index (κ2) is 10.7. The molecule has 1 unspecified atom stereocenters. The van der Waals surface area contributed by atoms with Gasteiger partial charge in [-0.2, -0.15) is 0 Å². The molecule has 0 aromatic heterocycles. The number of carbonyl (C=O) groups excluding carboxylic acids is 3. The molecule has 2 rings (SSSR count). The molecule has 0 aliphatic rings. The van der Waals surface area contributed by atoms with Crippen molar-refractivity contribution in [3.8, 4) is 0 Å². The Hall–Kier alpha value is -2.99. The van der Waals surface area contributed by atoms with E-state index in [2.05, 4.69) is 5.32 Å². The number of carbonyl (C=O) groups is 3. The van der Waals surface area contributed by atoms with E-state index in [1.54, 1.807) is 52.0 Å². The lowest BCUT2D eigenvalue weighted by Gasteiger charge is -2.25. The van der Waals surface area contributed by atoms with Crippen LogP contribution in [0.3, 0.4) is 0 Å². The molecule has 160 valence electrons. The first-order valence-corrected chi connectivity index (χ1v) is 9.93. The van der Waals surface area contributed by atoms with Gasteiger partial charge in [-0.05, 0) is 33.3 Å². The minimum Gasteiger partial charge on any atom is -0.460 e. The van der Waals surface area contributed by atoms with Crippen LogP contribution in [0.15, 0.2) is 60.7 Å². The first-order chi connectivity index (χ1) is 14.2. The molecule has 0 bridgehead atoms. The average Bonchev–Trinajstić information content (AvgIpc) is 2.71. The van der Waals surface area contributed by atoms with Crippen molar-refractivity contribution < 1.29 is 23.9 Å². The van der Waals surface area contributed by atoms with Gasteiger partial charge < -0.3 is 9.47 Å². The Labute approximate surface area is 177 Å². The maximum absolute atomic E-state index is 12.7. The highest BCUT2D eigenvalue weighted by atomic mass is 16.6. The van der Waals surface area contributed by atoms with Crippen LogP contribution < -0.4 is 5.32 Å². The monoisotopic (exact) mass is 411 g/mol. The van der Waals surface area contributed by atoms with E-state index >= 15 is 0 Å². The number of benzene rings is 2. The summed E-state index contributed by atoms with van der Waals surface area (Å²) in [6, 6.07) is 16.2. The van der Waals surface area contributed by atoms with Gasteiger partial charge in [0.15, 0.2) is 5.78 Å². The number of ether oxygens (including phenoxy) is 2. The summed E-state index contributed by atoms with van der Waals surface area (Å²) < 4.78 is 10.8. The van der Waals surface area contributed by atoms with E-state index < -0.39 is 29.6 Å². The zero-order valence-corrected chi connectivity index (χ0v) is 17.9. The van der Waals surface area contributed by atoms with Crippen molar-refractivity contribution in [3.63, 3.8) is 0 Å². The summed E-state index contributed by atoms with van der Waals surface area (Å²) in [4.78, 5) is 37.7. The molecule has 1 N–H and O–H groups in total.